The predicted molar refractivity (Wildman–Crippen MR) is 99.1 cm³/mol. The third-order valence-corrected chi connectivity index (χ3v) is 4.44. The van der Waals surface area contributed by atoms with Crippen LogP contribution in [0.15, 0.2) is 60.7 Å². The molecule has 7 heteroatoms. The molecule has 3 nitrogen and oxygen atoms in total. The van der Waals surface area contributed by atoms with E-state index in [2.05, 4.69) is 10.1 Å². The Morgan fingerprint density at radius 3 is 2.26 bits per heavy atom. The van der Waals surface area contributed by atoms with Gasteiger partial charge in [0, 0.05) is 16.3 Å². The van der Waals surface area contributed by atoms with E-state index in [1.807, 2.05) is 6.07 Å². The van der Waals surface area contributed by atoms with Crippen LogP contribution in [0, 0.1) is 6.92 Å². The average molecular weight is 388 g/mol. The van der Waals surface area contributed by atoms with Crippen molar-refractivity contribution in [1.82, 2.24) is 14.8 Å². The summed E-state index contributed by atoms with van der Waals surface area (Å²) in [5, 5.41) is 4.95. The summed E-state index contributed by atoms with van der Waals surface area (Å²) >= 11 is 5.93. The molecule has 0 amide bonds. The molecule has 0 aliphatic carbocycles. The smallest absolute Gasteiger partial charge is 0.233 e. The molecule has 2 aromatic heterocycles. The molecule has 2 heterocycles. The van der Waals surface area contributed by atoms with Crippen LogP contribution in [-0.2, 0) is 6.18 Å². The Bertz CT molecular complexity index is 1120. The number of fused-ring (bicyclic) bond motifs is 1. The van der Waals surface area contributed by atoms with Crippen molar-refractivity contribution in [1.29, 1.82) is 0 Å². The van der Waals surface area contributed by atoms with Crippen LogP contribution in [0.3, 0.4) is 0 Å². The number of halogens is 4. The second-order valence-corrected chi connectivity index (χ2v) is 6.55. The Morgan fingerprint density at radius 1 is 0.963 bits per heavy atom. The van der Waals surface area contributed by atoms with Gasteiger partial charge >= 0.3 is 6.18 Å². The number of alkyl halides is 3. The highest BCUT2D eigenvalue weighted by Crippen LogP contribution is 2.40. The summed E-state index contributed by atoms with van der Waals surface area (Å²) in [6, 6.07) is 16.6. The average Bonchev–Trinajstić information content (AvgIpc) is 3.01. The Labute approximate surface area is 158 Å². The molecule has 0 spiro atoms. The standard InChI is InChI=1S/C20H13ClF3N3/c1-12-11-16(20(22,23)24)17-18(13-7-9-14(21)10-8-13)26-27(19(17)25-12)15-5-3-2-4-6-15/h2-11H,1H3. The Morgan fingerprint density at radius 2 is 1.63 bits per heavy atom. The number of nitrogens with zero attached hydrogens (tertiary/aromatic N) is 3. The number of hydrogen-bond donors (Lipinski definition) is 0. The monoisotopic (exact) mass is 387 g/mol. The molecule has 0 radical (unpaired) electrons. The van der Waals surface area contributed by atoms with Crippen molar-refractivity contribution < 1.29 is 13.2 Å². The van der Waals surface area contributed by atoms with Crippen LogP contribution in [0.4, 0.5) is 13.2 Å². The summed E-state index contributed by atoms with van der Waals surface area (Å²) in [5.74, 6) is 0. The number of aryl methyl sites for hydroxylation is 1. The van der Waals surface area contributed by atoms with Crippen molar-refractivity contribution >= 4 is 22.6 Å². The molecule has 0 bridgehead atoms. The Balaban J connectivity index is 2.12. The fourth-order valence-electron chi connectivity index (χ4n) is 3.02. The van der Waals surface area contributed by atoms with Crippen LogP contribution in [0.2, 0.25) is 5.02 Å². The predicted octanol–water partition coefficient (Wildman–Crippen LogP) is 6.07. The van der Waals surface area contributed by atoms with Gasteiger partial charge in [-0.1, -0.05) is 41.9 Å². The van der Waals surface area contributed by atoms with Crippen LogP contribution in [0.1, 0.15) is 11.3 Å². The van der Waals surface area contributed by atoms with Crippen molar-refractivity contribution in [2.75, 3.05) is 0 Å². The van der Waals surface area contributed by atoms with Gasteiger partial charge in [-0.05, 0) is 37.3 Å². The van der Waals surface area contributed by atoms with Crippen molar-refractivity contribution in [3.05, 3.63) is 76.9 Å². The molecule has 0 N–H and O–H groups in total. The summed E-state index contributed by atoms with van der Waals surface area (Å²) < 4.78 is 42.8. The number of aromatic nitrogens is 3. The summed E-state index contributed by atoms with van der Waals surface area (Å²) in [7, 11) is 0. The number of benzene rings is 2. The zero-order valence-corrected chi connectivity index (χ0v) is 14.9. The molecule has 0 aliphatic rings. The fraction of sp³-hybridized carbons (Fsp3) is 0.100. The lowest BCUT2D eigenvalue weighted by Gasteiger charge is -2.10. The quantitative estimate of drug-likeness (QED) is 0.418. The fourth-order valence-corrected chi connectivity index (χ4v) is 3.15. The minimum absolute atomic E-state index is 0.0284. The third kappa shape index (κ3) is 3.17. The number of hydrogen-bond acceptors (Lipinski definition) is 2. The van der Waals surface area contributed by atoms with Crippen molar-refractivity contribution in [2.45, 2.75) is 13.1 Å². The second kappa shape index (κ2) is 6.39. The second-order valence-electron chi connectivity index (χ2n) is 6.11. The summed E-state index contributed by atoms with van der Waals surface area (Å²) in [6.07, 6.45) is -4.53. The topological polar surface area (TPSA) is 30.7 Å². The lowest BCUT2D eigenvalue weighted by atomic mass is 10.0. The molecule has 0 aliphatic heterocycles. The molecule has 4 aromatic rings. The van der Waals surface area contributed by atoms with Gasteiger partial charge in [0.15, 0.2) is 5.65 Å². The van der Waals surface area contributed by atoms with Gasteiger partial charge in [0.05, 0.1) is 16.6 Å². The molecule has 0 atom stereocenters. The lowest BCUT2D eigenvalue weighted by molar-refractivity contribution is -0.136. The van der Waals surface area contributed by atoms with Gasteiger partial charge in [0.1, 0.15) is 5.69 Å². The number of para-hydroxylation sites is 1. The summed E-state index contributed by atoms with van der Waals surface area (Å²) in [4.78, 5) is 4.36. The molecule has 27 heavy (non-hydrogen) atoms. The number of pyridine rings is 1. The van der Waals surface area contributed by atoms with E-state index >= 15 is 0 Å². The molecular weight excluding hydrogens is 375 g/mol. The zero-order valence-electron chi connectivity index (χ0n) is 14.1. The molecule has 0 unspecified atom stereocenters. The maximum absolute atomic E-state index is 13.8. The SMILES string of the molecule is Cc1cc(C(F)(F)F)c2c(-c3ccc(Cl)cc3)nn(-c3ccccc3)c2n1. The van der Waals surface area contributed by atoms with Crippen LogP contribution in [0.5, 0.6) is 0 Å². The first-order valence-corrected chi connectivity index (χ1v) is 8.51. The summed E-state index contributed by atoms with van der Waals surface area (Å²) in [6.45, 7) is 1.54. The van der Waals surface area contributed by atoms with Gasteiger partial charge in [0.25, 0.3) is 0 Å². The van der Waals surface area contributed by atoms with Crippen molar-refractivity contribution in [3.8, 4) is 16.9 Å². The first-order valence-electron chi connectivity index (χ1n) is 8.13. The Kier molecular flexibility index (Phi) is 4.15. The van der Waals surface area contributed by atoms with E-state index in [-0.39, 0.29) is 22.4 Å². The molecule has 136 valence electrons. The maximum Gasteiger partial charge on any atom is 0.417 e. The zero-order chi connectivity index (χ0) is 19.2. The van der Waals surface area contributed by atoms with Gasteiger partial charge < -0.3 is 0 Å². The van der Waals surface area contributed by atoms with E-state index in [1.165, 1.54) is 4.68 Å². The van der Waals surface area contributed by atoms with Gasteiger partial charge in [-0.2, -0.15) is 18.3 Å². The Hall–Kier alpha value is -2.86. The van der Waals surface area contributed by atoms with Gasteiger partial charge in [-0.25, -0.2) is 9.67 Å². The molecule has 2 aromatic carbocycles. The largest absolute Gasteiger partial charge is 0.417 e. The van der Waals surface area contributed by atoms with Gasteiger partial charge in [0.2, 0.25) is 0 Å². The van der Waals surface area contributed by atoms with Crippen LogP contribution in [-0.4, -0.2) is 14.8 Å². The van der Waals surface area contributed by atoms with E-state index in [9.17, 15) is 13.2 Å². The molecule has 0 fully saturated rings. The normalized spacial score (nSPS) is 11.9. The molecular formula is C20H13ClF3N3. The highest BCUT2D eigenvalue weighted by atomic mass is 35.5. The van der Waals surface area contributed by atoms with E-state index in [1.54, 1.807) is 55.5 Å². The van der Waals surface area contributed by atoms with Crippen molar-refractivity contribution in [3.63, 3.8) is 0 Å². The van der Waals surface area contributed by atoms with E-state index in [4.69, 9.17) is 11.6 Å². The minimum atomic E-state index is -4.53. The molecule has 0 saturated heterocycles. The third-order valence-electron chi connectivity index (χ3n) is 4.19. The minimum Gasteiger partial charge on any atom is -0.233 e. The van der Waals surface area contributed by atoms with Crippen molar-refractivity contribution in [2.24, 2.45) is 0 Å². The van der Waals surface area contributed by atoms with Crippen LogP contribution in [0.25, 0.3) is 28.0 Å². The molecule has 4 rings (SSSR count). The summed E-state index contributed by atoms with van der Waals surface area (Å²) in [5.41, 5.74) is 1.07. The van der Waals surface area contributed by atoms with E-state index < -0.39 is 11.7 Å². The first kappa shape index (κ1) is 17.5. The van der Waals surface area contributed by atoms with Crippen LogP contribution < -0.4 is 0 Å². The lowest BCUT2D eigenvalue weighted by Crippen LogP contribution is -2.08. The molecule has 0 saturated carbocycles. The van der Waals surface area contributed by atoms with Gasteiger partial charge in [-0.15, -0.1) is 0 Å². The maximum atomic E-state index is 13.8. The van der Waals surface area contributed by atoms with E-state index in [0.717, 1.165) is 6.07 Å². The number of rotatable bonds is 2. The van der Waals surface area contributed by atoms with E-state index in [0.29, 0.717) is 16.3 Å². The first-order chi connectivity index (χ1) is 12.8. The highest BCUT2D eigenvalue weighted by molar-refractivity contribution is 6.30. The van der Waals surface area contributed by atoms with Crippen LogP contribution >= 0.6 is 11.6 Å². The highest BCUT2D eigenvalue weighted by Gasteiger charge is 2.36. The van der Waals surface area contributed by atoms with Gasteiger partial charge in [-0.3, -0.25) is 0 Å².